The van der Waals surface area contributed by atoms with E-state index in [1.807, 2.05) is 0 Å². The van der Waals surface area contributed by atoms with Crippen molar-refractivity contribution in [3.05, 3.63) is 75.3 Å². The van der Waals surface area contributed by atoms with Crippen LogP contribution in [0.25, 0.3) is 10.9 Å². The maximum absolute atomic E-state index is 13.2. The lowest BCUT2D eigenvalue weighted by Gasteiger charge is -2.16. The largest absolute Gasteiger partial charge is 0.324 e. The molecule has 150 valence electrons. The number of aromatic nitrogens is 2. The molecule has 0 spiro atoms. The van der Waals surface area contributed by atoms with Gasteiger partial charge in [0, 0.05) is 11.6 Å². The summed E-state index contributed by atoms with van der Waals surface area (Å²) in [4.78, 5) is 29.9. The maximum atomic E-state index is 13.2. The number of nitrogens with zero attached hydrogens (tertiary/aromatic N) is 2. The van der Waals surface area contributed by atoms with E-state index in [-0.39, 0.29) is 23.0 Å². The fourth-order valence-electron chi connectivity index (χ4n) is 2.59. The van der Waals surface area contributed by atoms with E-state index >= 15 is 0 Å². The molecule has 0 radical (unpaired) electrons. The molecular formula is C20H16Cl2FN3O2S. The quantitative estimate of drug-likeness (QED) is 0.319. The molecule has 9 heteroatoms. The van der Waals surface area contributed by atoms with Crippen molar-refractivity contribution in [1.29, 1.82) is 0 Å². The Labute approximate surface area is 180 Å². The molecule has 1 heterocycles. The summed E-state index contributed by atoms with van der Waals surface area (Å²) >= 11 is 13.1. The standard InChI is InChI=1S/C20H16Cl2FN3O2S/c1-3-8-26-19(28)14-6-4-12(21)9-17(14)25-20(26)29-11(2)18(27)24-16-7-5-13(23)10-15(16)22/h3-7,9-11H,1,8H2,2H3,(H,24,27). The van der Waals surface area contributed by atoms with Crippen molar-refractivity contribution in [2.75, 3.05) is 5.32 Å². The lowest BCUT2D eigenvalue weighted by molar-refractivity contribution is -0.115. The monoisotopic (exact) mass is 451 g/mol. The van der Waals surface area contributed by atoms with Crippen molar-refractivity contribution in [1.82, 2.24) is 9.55 Å². The van der Waals surface area contributed by atoms with E-state index in [9.17, 15) is 14.0 Å². The van der Waals surface area contributed by atoms with Crippen LogP contribution in [0.5, 0.6) is 0 Å². The normalized spacial score (nSPS) is 12.0. The molecule has 0 aliphatic carbocycles. The number of carbonyl (C=O) groups is 1. The van der Waals surface area contributed by atoms with Crippen LogP contribution in [-0.2, 0) is 11.3 Å². The third-order valence-corrected chi connectivity index (χ3v) is 5.67. The molecule has 2 aromatic carbocycles. The molecule has 3 aromatic rings. The van der Waals surface area contributed by atoms with Crippen molar-refractivity contribution < 1.29 is 9.18 Å². The van der Waals surface area contributed by atoms with Crippen molar-refractivity contribution in [3.63, 3.8) is 0 Å². The Balaban J connectivity index is 1.91. The van der Waals surface area contributed by atoms with Gasteiger partial charge in [0.05, 0.1) is 26.9 Å². The summed E-state index contributed by atoms with van der Waals surface area (Å²) in [5.41, 5.74) is 0.495. The Morgan fingerprint density at radius 3 is 2.79 bits per heavy atom. The van der Waals surface area contributed by atoms with Crippen LogP contribution in [0.3, 0.4) is 0 Å². The minimum atomic E-state index is -0.615. The van der Waals surface area contributed by atoms with Gasteiger partial charge in [-0.15, -0.1) is 6.58 Å². The minimum absolute atomic E-state index is 0.0950. The van der Waals surface area contributed by atoms with E-state index in [1.165, 1.54) is 16.7 Å². The number of hydrogen-bond donors (Lipinski definition) is 1. The number of benzene rings is 2. The molecule has 1 aromatic heterocycles. The first-order chi connectivity index (χ1) is 13.8. The number of hydrogen-bond acceptors (Lipinski definition) is 4. The van der Waals surface area contributed by atoms with Crippen LogP contribution in [0.2, 0.25) is 10.0 Å². The van der Waals surface area contributed by atoms with Crippen LogP contribution in [-0.4, -0.2) is 20.7 Å². The summed E-state index contributed by atoms with van der Waals surface area (Å²) in [5, 5.41) is 3.38. The van der Waals surface area contributed by atoms with Crippen LogP contribution < -0.4 is 10.9 Å². The van der Waals surface area contributed by atoms with Gasteiger partial charge < -0.3 is 5.32 Å². The van der Waals surface area contributed by atoms with Crippen molar-refractivity contribution in [3.8, 4) is 0 Å². The summed E-state index contributed by atoms with van der Waals surface area (Å²) in [6, 6.07) is 8.55. The van der Waals surface area contributed by atoms with E-state index < -0.39 is 11.1 Å². The Hall–Kier alpha value is -2.35. The molecule has 1 amide bonds. The lowest BCUT2D eigenvalue weighted by Crippen LogP contribution is -2.27. The molecule has 3 rings (SSSR count). The predicted octanol–water partition coefficient (Wildman–Crippen LogP) is 5.15. The summed E-state index contributed by atoms with van der Waals surface area (Å²) in [5.74, 6) is -0.864. The average Bonchev–Trinajstić information content (AvgIpc) is 2.66. The van der Waals surface area contributed by atoms with Crippen LogP contribution in [0.4, 0.5) is 10.1 Å². The molecule has 29 heavy (non-hydrogen) atoms. The number of anilines is 1. The molecule has 0 fully saturated rings. The molecular weight excluding hydrogens is 436 g/mol. The fraction of sp³-hybridized carbons (Fsp3) is 0.150. The Kier molecular flexibility index (Phi) is 6.62. The maximum Gasteiger partial charge on any atom is 0.262 e. The first-order valence-corrected chi connectivity index (χ1v) is 10.2. The molecule has 0 aliphatic heterocycles. The highest BCUT2D eigenvalue weighted by Gasteiger charge is 2.20. The number of nitrogens with one attached hydrogen (secondary N) is 1. The second-order valence-corrected chi connectivity index (χ2v) is 8.29. The number of allylic oxidation sites excluding steroid dienone is 1. The summed E-state index contributed by atoms with van der Waals surface area (Å²) in [7, 11) is 0. The summed E-state index contributed by atoms with van der Waals surface area (Å²) < 4.78 is 14.6. The topological polar surface area (TPSA) is 64.0 Å². The van der Waals surface area contributed by atoms with Gasteiger partial charge in [0.15, 0.2) is 5.16 Å². The van der Waals surface area contributed by atoms with Crippen LogP contribution >= 0.6 is 35.0 Å². The molecule has 0 saturated heterocycles. The molecule has 0 saturated carbocycles. The average molecular weight is 452 g/mol. The van der Waals surface area contributed by atoms with Gasteiger partial charge in [-0.25, -0.2) is 9.37 Å². The van der Waals surface area contributed by atoms with Gasteiger partial charge in [-0.05, 0) is 43.3 Å². The summed E-state index contributed by atoms with van der Waals surface area (Å²) in [6.07, 6.45) is 1.58. The molecule has 5 nitrogen and oxygen atoms in total. The Morgan fingerprint density at radius 1 is 1.34 bits per heavy atom. The van der Waals surface area contributed by atoms with Gasteiger partial charge in [0.2, 0.25) is 5.91 Å². The van der Waals surface area contributed by atoms with Crippen molar-refractivity contribution in [2.24, 2.45) is 0 Å². The van der Waals surface area contributed by atoms with Crippen LogP contribution in [0.15, 0.2) is 59.0 Å². The molecule has 1 atom stereocenters. The number of rotatable bonds is 6. The number of fused-ring (bicyclic) bond motifs is 1. The van der Waals surface area contributed by atoms with Gasteiger partial charge in [0.1, 0.15) is 5.82 Å². The van der Waals surface area contributed by atoms with Gasteiger partial charge in [-0.2, -0.15) is 0 Å². The van der Waals surface area contributed by atoms with Gasteiger partial charge in [-0.1, -0.05) is 41.0 Å². The second kappa shape index (κ2) is 8.98. The van der Waals surface area contributed by atoms with E-state index in [2.05, 4.69) is 16.9 Å². The number of amides is 1. The zero-order valence-electron chi connectivity index (χ0n) is 15.3. The SMILES string of the molecule is C=CCn1c(SC(C)C(=O)Nc2ccc(F)cc2Cl)nc2cc(Cl)ccc2c1=O. The van der Waals surface area contributed by atoms with Gasteiger partial charge >= 0.3 is 0 Å². The highest BCUT2D eigenvalue weighted by Crippen LogP contribution is 2.27. The predicted molar refractivity (Wildman–Crippen MR) is 117 cm³/mol. The highest BCUT2D eigenvalue weighted by molar-refractivity contribution is 8.00. The smallest absolute Gasteiger partial charge is 0.262 e. The van der Waals surface area contributed by atoms with Crippen LogP contribution in [0.1, 0.15) is 6.92 Å². The summed E-state index contributed by atoms with van der Waals surface area (Å²) in [6.45, 7) is 5.59. The Morgan fingerprint density at radius 2 is 2.10 bits per heavy atom. The van der Waals surface area contributed by atoms with Crippen molar-refractivity contribution >= 4 is 57.5 Å². The van der Waals surface area contributed by atoms with E-state index in [4.69, 9.17) is 23.2 Å². The molecule has 1 unspecified atom stereocenters. The number of carbonyl (C=O) groups excluding carboxylic acids is 1. The number of thioether (sulfide) groups is 1. The van der Waals surface area contributed by atoms with Crippen LogP contribution in [0, 0.1) is 5.82 Å². The first-order valence-electron chi connectivity index (χ1n) is 8.53. The molecule has 1 N–H and O–H groups in total. The zero-order chi connectivity index (χ0) is 21.1. The number of halogens is 3. The van der Waals surface area contributed by atoms with Gasteiger partial charge in [-0.3, -0.25) is 14.2 Å². The van der Waals surface area contributed by atoms with E-state index in [0.29, 0.717) is 26.8 Å². The third-order valence-electron chi connectivity index (χ3n) is 4.03. The first kappa shape index (κ1) is 21.4. The molecule has 0 bridgehead atoms. The second-order valence-electron chi connectivity index (χ2n) is 6.13. The van der Waals surface area contributed by atoms with E-state index in [0.717, 1.165) is 17.8 Å². The third kappa shape index (κ3) is 4.80. The van der Waals surface area contributed by atoms with Gasteiger partial charge in [0.25, 0.3) is 5.56 Å². The van der Waals surface area contributed by atoms with E-state index in [1.54, 1.807) is 31.2 Å². The van der Waals surface area contributed by atoms with Crippen molar-refractivity contribution in [2.45, 2.75) is 23.9 Å². The highest BCUT2D eigenvalue weighted by atomic mass is 35.5. The zero-order valence-corrected chi connectivity index (χ0v) is 17.6. The lowest BCUT2D eigenvalue weighted by atomic mass is 10.2. The fourth-order valence-corrected chi connectivity index (χ4v) is 3.89. The minimum Gasteiger partial charge on any atom is -0.324 e. The Bertz CT molecular complexity index is 1170. The molecule has 0 aliphatic rings.